The van der Waals surface area contributed by atoms with Crippen LogP contribution in [0.25, 0.3) is 0 Å². The van der Waals surface area contributed by atoms with E-state index in [1.807, 2.05) is 6.07 Å². The fourth-order valence-electron chi connectivity index (χ4n) is 2.01. The SMILES string of the molecule is O=[N+]([O-])c1cc(Br)ccc1CNC1CCOCC1. The molecule has 2 rings (SSSR count). The van der Waals surface area contributed by atoms with Crippen molar-refractivity contribution in [1.82, 2.24) is 5.32 Å². The molecule has 5 nitrogen and oxygen atoms in total. The third kappa shape index (κ3) is 3.51. The first kappa shape index (κ1) is 13.5. The molecule has 1 heterocycles. The van der Waals surface area contributed by atoms with E-state index in [1.165, 1.54) is 0 Å². The van der Waals surface area contributed by atoms with Gasteiger partial charge in [0.15, 0.2) is 0 Å². The molecule has 0 aliphatic carbocycles. The third-order valence-corrected chi connectivity index (χ3v) is 3.54. The molecule has 0 unspecified atom stereocenters. The van der Waals surface area contributed by atoms with Gasteiger partial charge in [0.2, 0.25) is 0 Å². The second-order valence-electron chi connectivity index (χ2n) is 4.30. The van der Waals surface area contributed by atoms with Crippen LogP contribution in [0.5, 0.6) is 0 Å². The number of benzene rings is 1. The zero-order valence-electron chi connectivity index (χ0n) is 9.89. The van der Waals surface area contributed by atoms with Gasteiger partial charge in [0.1, 0.15) is 0 Å². The molecule has 0 aromatic heterocycles. The van der Waals surface area contributed by atoms with Crippen LogP contribution in [0.1, 0.15) is 18.4 Å². The molecule has 1 aromatic carbocycles. The van der Waals surface area contributed by atoms with Gasteiger partial charge in [0.25, 0.3) is 5.69 Å². The smallest absolute Gasteiger partial charge is 0.275 e. The number of hydrogen-bond donors (Lipinski definition) is 1. The first-order chi connectivity index (χ1) is 8.66. The van der Waals surface area contributed by atoms with Crippen LogP contribution in [0, 0.1) is 10.1 Å². The van der Waals surface area contributed by atoms with Crippen LogP contribution in [0.15, 0.2) is 22.7 Å². The summed E-state index contributed by atoms with van der Waals surface area (Å²) in [6.07, 6.45) is 1.93. The molecular formula is C12H15BrN2O3. The van der Waals surface area contributed by atoms with Crippen LogP contribution in [0.2, 0.25) is 0 Å². The average molecular weight is 315 g/mol. The largest absolute Gasteiger partial charge is 0.381 e. The number of nitrogens with zero attached hydrogens (tertiary/aromatic N) is 1. The van der Waals surface area contributed by atoms with E-state index in [0.717, 1.165) is 36.1 Å². The molecule has 98 valence electrons. The van der Waals surface area contributed by atoms with Crippen molar-refractivity contribution in [3.05, 3.63) is 38.3 Å². The van der Waals surface area contributed by atoms with Crippen LogP contribution < -0.4 is 5.32 Å². The number of ether oxygens (including phenoxy) is 1. The number of hydrogen-bond acceptors (Lipinski definition) is 4. The normalized spacial score (nSPS) is 16.7. The Morgan fingerprint density at radius 3 is 2.83 bits per heavy atom. The van der Waals surface area contributed by atoms with Gasteiger partial charge in [-0.25, -0.2) is 0 Å². The predicted molar refractivity (Wildman–Crippen MR) is 71.5 cm³/mol. The molecular weight excluding hydrogens is 300 g/mol. The van der Waals surface area contributed by atoms with Gasteiger partial charge >= 0.3 is 0 Å². The monoisotopic (exact) mass is 314 g/mol. The Balaban J connectivity index is 2.01. The molecule has 0 saturated carbocycles. The minimum Gasteiger partial charge on any atom is -0.381 e. The highest BCUT2D eigenvalue weighted by atomic mass is 79.9. The molecule has 1 N–H and O–H groups in total. The lowest BCUT2D eigenvalue weighted by Crippen LogP contribution is -2.34. The Kier molecular flexibility index (Phi) is 4.68. The Bertz CT molecular complexity index is 433. The molecule has 1 aliphatic rings. The standard InChI is InChI=1S/C12H15BrN2O3/c13-10-2-1-9(12(7-10)15(16)17)8-14-11-3-5-18-6-4-11/h1-2,7,11,14H,3-6,8H2. The highest BCUT2D eigenvalue weighted by molar-refractivity contribution is 9.10. The molecule has 1 saturated heterocycles. The summed E-state index contributed by atoms with van der Waals surface area (Å²) in [6.45, 7) is 2.05. The molecule has 0 atom stereocenters. The van der Waals surface area contributed by atoms with Crippen LogP contribution >= 0.6 is 15.9 Å². The summed E-state index contributed by atoms with van der Waals surface area (Å²) in [5.41, 5.74) is 0.874. The molecule has 0 spiro atoms. The van der Waals surface area contributed by atoms with Gasteiger partial charge in [0, 0.05) is 41.9 Å². The van der Waals surface area contributed by atoms with Crippen molar-refractivity contribution in [3.8, 4) is 0 Å². The van der Waals surface area contributed by atoms with Crippen molar-refractivity contribution in [2.24, 2.45) is 0 Å². The van der Waals surface area contributed by atoms with Crippen molar-refractivity contribution in [2.45, 2.75) is 25.4 Å². The number of halogens is 1. The zero-order chi connectivity index (χ0) is 13.0. The highest BCUT2D eigenvalue weighted by Crippen LogP contribution is 2.23. The molecule has 18 heavy (non-hydrogen) atoms. The Morgan fingerprint density at radius 2 is 2.17 bits per heavy atom. The lowest BCUT2D eigenvalue weighted by Gasteiger charge is -2.23. The summed E-state index contributed by atoms with van der Waals surface area (Å²) < 4.78 is 6.00. The van der Waals surface area contributed by atoms with Crippen LogP contribution in [-0.2, 0) is 11.3 Å². The van der Waals surface area contributed by atoms with E-state index in [2.05, 4.69) is 21.2 Å². The topological polar surface area (TPSA) is 64.4 Å². The molecule has 0 radical (unpaired) electrons. The van der Waals surface area contributed by atoms with Gasteiger partial charge in [-0.1, -0.05) is 15.9 Å². The first-order valence-corrected chi connectivity index (χ1v) is 6.70. The maximum Gasteiger partial charge on any atom is 0.275 e. The molecule has 6 heteroatoms. The summed E-state index contributed by atoms with van der Waals surface area (Å²) in [5.74, 6) is 0. The number of rotatable bonds is 4. The summed E-state index contributed by atoms with van der Waals surface area (Å²) in [6, 6.07) is 5.55. The molecule has 1 aliphatic heterocycles. The maximum atomic E-state index is 11.0. The van der Waals surface area contributed by atoms with Crippen molar-refractivity contribution >= 4 is 21.6 Å². The fourth-order valence-corrected chi connectivity index (χ4v) is 2.36. The maximum absolute atomic E-state index is 11.0. The quantitative estimate of drug-likeness (QED) is 0.685. The van der Waals surface area contributed by atoms with E-state index in [9.17, 15) is 10.1 Å². The summed E-state index contributed by atoms with van der Waals surface area (Å²) in [7, 11) is 0. The van der Waals surface area contributed by atoms with E-state index in [-0.39, 0.29) is 10.6 Å². The van der Waals surface area contributed by atoms with Gasteiger partial charge in [-0.05, 0) is 25.0 Å². The summed E-state index contributed by atoms with van der Waals surface area (Å²) in [5, 5.41) is 14.3. The average Bonchev–Trinajstić information content (AvgIpc) is 2.38. The second kappa shape index (κ2) is 6.26. The van der Waals surface area contributed by atoms with Gasteiger partial charge in [-0.3, -0.25) is 10.1 Å². The highest BCUT2D eigenvalue weighted by Gasteiger charge is 2.17. The third-order valence-electron chi connectivity index (χ3n) is 3.05. The van der Waals surface area contributed by atoms with Crippen LogP contribution in [-0.4, -0.2) is 24.2 Å². The van der Waals surface area contributed by atoms with Crippen molar-refractivity contribution in [3.63, 3.8) is 0 Å². The van der Waals surface area contributed by atoms with Gasteiger partial charge in [-0.15, -0.1) is 0 Å². The number of nitro benzene ring substituents is 1. The molecule has 0 amide bonds. The molecule has 0 bridgehead atoms. The van der Waals surface area contributed by atoms with E-state index in [1.54, 1.807) is 12.1 Å². The minimum absolute atomic E-state index is 0.156. The second-order valence-corrected chi connectivity index (χ2v) is 5.21. The van der Waals surface area contributed by atoms with Gasteiger partial charge in [0.05, 0.1) is 4.92 Å². The Morgan fingerprint density at radius 1 is 1.44 bits per heavy atom. The van der Waals surface area contributed by atoms with Crippen LogP contribution in [0.3, 0.4) is 0 Å². The van der Waals surface area contributed by atoms with E-state index >= 15 is 0 Å². The minimum atomic E-state index is -0.342. The number of nitro groups is 1. The lowest BCUT2D eigenvalue weighted by atomic mass is 10.1. The lowest BCUT2D eigenvalue weighted by molar-refractivity contribution is -0.385. The van der Waals surface area contributed by atoms with E-state index in [0.29, 0.717) is 12.6 Å². The van der Waals surface area contributed by atoms with Gasteiger partial charge in [-0.2, -0.15) is 0 Å². The summed E-state index contributed by atoms with van der Waals surface area (Å²) >= 11 is 3.25. The Labute approximate surface area is 114 Å². The van der Waals surface area contributed by atoms with Gasteiger partial charge < -0.3 is 10.1 Å². The van der Waals surface area contributed by atoms with Crippen molar-refractivity contribution in [1.29, 1.82) is 0 Å². The number of nitrogens with one attached hydrogen (secondary N) is 1. The van der Waals surface area contributed by atoms with Crippen molar-refractivity contribution < 1.29 is 9.66 Å². The predicted octanol–water partition coefficient (Wildman–Crippen LogP) is 2.63. The summed E-state index contributed by atoms with van der Waals surface area (Å²) in [4.78, 5) is 10.6. The zero-order valence-corrected chi connectivity index (χ0v) is 11.5. The van der Waals surface area contributed by atoms with Crippen LogP contribution in [0.4, 0.5) is 5.69 Å². The van der Waals surface area contributed by atoms with E-state index in [4.69, 9.17) is 4.74 Å². The first-order valence-electron chi connectivity index (χ1n) is 5.91. The van der Waals surface area contributed by atoms with Crippen molar-refractivity contribution in [2.75, 3.05) is 13.2 Å². The molecule has 1 aromatic rings. The van der Waals surface area contributed by atoms with E-state index < -0.39 is 0 Å². The molecule has 1 fully saturated rings. The fraction of sp³-hybridized carbons (Fsp3) is 0.500. The Hall–Kier alpha value is -0.980.